The molecule has 0 aromatic heterocycles. The van der Waals surface area contributed by atoms with Gasteiger partial charge in [-0.2, -0.15) is 25.9 Å². The molecule has 0 saturated carbocycles. The van der Waals surface area contributed by atoms with E-state index in [1.165, 1.54) is 7.11 Å². The third-order valence-corrected chi connectivity index (χ3v) is 3.09. The number of carboxylic acids is 1. The second-order valence-corrected chi connectivity index (χ2v) is 5.00. The highest BCUT2D eigenvalue weighted by Crippen LogP contribution is 2.17. The summed E-state index contributed by atoms with van der Waals surface area (Å²) in [7, 11) is -2.43. The average Bonchev–Trinajstić information content (AvgIpc) is 2.58. The Hall–Kier alpha value is -0.980. The first-order chi connectivity index (χ1) is 8.39. The van der Waals surface area contributed by atoms with Gasteiger partial charge >= 0.3 is 12.1 Å². The summed E-state index contributed by atoms with van der Waals surface area (Å²) in [5.74, 6) is -2.76. The number of hydrogen-bond acceptors (Lipinski definition) is 4. The fourth-order valence-corrected chi connectivity index (χ4v) is 1.84. The zero-order valence-electron chi connectivity index (χ0n) is 9.59. The number of aliphatic carboxylic acids is 1. The van der Waals surface area contributed by atoms with Crippen LogP contribution in [0.2, 0.25) is 0 Å². The molecular formula is C7H12F4N2O5S. The second kappa shape index (κ2) is 6.45. The van der Waals surface area contributed by atoms with Crippen LogP contribution < -0.4 is 5.14 Å². The largest absolute Gasteiger partial charge is 0.490 e. The van der Waals surface area contributed by atoms with Gasteiger partial charge in [-0.05, 0) is 0 Å². The summed E-state index contributed by atoms with van der Waals surface area (Å²) in [4.78, 5) is 8.90. The van der Waals surface area contributed by atoms with Crippen LogP contribution in [0.1, 0.15) is 0 Å². The number of rotatable bonds is 2. The van der Waals surface area contributed by atoms with Crippen LogP contribution in [-0.4, -0.2) is 62.5 Å². The summed E-state index contributed by atoms with van der Waals surface area (Å²) >= 11 is 0. The minimum Gasteiger partial charge on any atom is -0.475 e. The van der Waals surface area contributed by atoms with Crippen molar-refractivity contribution >= 4 is 16.2 Å². The molecule has 3 N–H and O–H groups in total. The van der Waals surface area contributed by atoms with E-state index in [9.17, 15) is 26.0 Å². The van der Waals surface area contributed by atoms with Crippen molar-refractivity contribution in [3.8, 4) is 0 Å². The fourth-order valence-electron chi connectivity index (χ4n) is 1.13. The minimum atomic E-state index is -5.08. The summed E-state index contributed by atoms with van der Waals surface area (Å²) in [5.41, 5.74) is 0. The summed E-state index contributed by atoms with van der Waals surface area (Å²) in [6.45, 7) is -0.214. The number of carbonyl (C=O) groups is 1. The van der Waals surface area contributed by atoms with Gasteiger partial charge in [0.15, 0.2) is 0 Å². The molecule has 1 heterocycles. The van der Waals surface area contributed by atoms with E-state index in [4.69, 9.17) is 19.8 Å². The summed E-state index contributed by atoms with van der Waals surface area (Å²) in [6, 6.07) is 0. The topological polar surface area (TPSA) is 110 Å². The molecule has 1 aliphatic heterocycles. The predicted molar refractivity (Wildman–Crippen MR) is 54.1 cm³/mol. The fraction of sp³-hybridized carbons (Fsp3) is 0.857. The number of ether oxygens (including phenoxy) is 1. The molecule has 1 fully saturated rings. The van der Waals surface area contributed by atoms with Crippen LogP contribution in [0.4, 0.5) is 17.6 Å². The van der Waals surface area contributed by atoms with Gasteiger partial charge < -0.3 is 9.84 Å². The van der Waals surface area contributed by atoms with Crippen LogP contribution in [0, 0.1) is 0 Å². The molecule has 2 unspecified atom stereocenters. The van der Waals surface area contributed by atoms with Gasteiger partial charge in [-0.1, -0.05) is 0 Å². The van der Waals surface area contributed by atoms with Gasteiger partial charge in [0, 0.05) is 20.2 Å². The molecular weight excluding hydrogens is 300 g/mol. The molecule has 0 aromatic rings. The number of alkyl halides is 4. The van der Waals surface area contributed by atoms with Gasteiger partial charge in [0.1, 0.15) is 12.3 Å². The smallest absolute Gasteiger partial charge is 0.475 e. The SMILES string of the molecule is COC1CN(S(N)(=O)=O)CC1F.O=C(O)C(F)(F)F. The lowest BCUT2D eigenvalue weighted by molar-refractivity contribution is -0.192. The number of nitrogens with zero attached hydrogens (tertiary/aromatic N) is 1. The Morgan fingerprint density at radius 1 is 1.42 bits per heavy atom. The molecule has 12 heteroatoms. The van der Waals surface area contributed by atoms with Crippen molar-refractivity contribution in [2.45, 2.75) is 18.5 Å². The van der Waals surface area contributed by atoms with E-state index in [1.807, 2.05) is 0 Å². The first-order valence-electron chi connectivity index (χ1n) is 4.64. The first kappa shape index (κ1) is 18.0. The lowest BCUT2D eigenvalue weighted by Crippen LogP contribution is -2.35. The molecule has 1 rings (SSSR count). The molecule has 114 valence electrons. The van der Waals surface area contributed by atoms with E-state index in [-0.39, 0.29) is 13.1 Å². The third kappa shape index (κ3) is 6.13. The minimum absolute atomic E-state index is 0.00347. The third-order valence-electron chi connectivity index (χ3n) is 2.07. The van der Waals surface area contributed by atoms with E-state index in [0.29, 0.717) is 0 Å². The van der Waals surface area contributed by atoms with Crippen LogP contribution in [-0.2, 0) is 19.7 Å². The molecule has 0 aliphatic carbocycles. The highest BCUT2D eigenvalue weighted by Gasteiger charge is 2.38. The second-order valence-electron chi connectivity index (χ2n) is 3.45. The van der Waals surface area contributed by atoms with E-state index in [0.717, 1.165) is 4.31 Å². The molecule has 0 spiro atoms. The van der Waals surface area contributed by atoms with Crippen molar-refractivity contribution < 1.29 is 40.6 Å². The van der Waals surface area contributed by atoms with E-state index >= 15 is 0 Å². The van der Waals surface area contributed by atoms with E-state index in [2.05, 4.69) is 0 Å². The highest BCUT2D eigenvalue weighted by atomic mass is 32.2. The Balaban J connectivity index is 0.000000399. The maximum Gasteiger partial charge on any atom is 0.490 e. The predicted octanol–water partition coefficient (Wildman–Crippen LogP) is -0.508. The monoisotopic (exact) mass is 312 g/mol. The van der Waals surface area contributed by atoms with Gasteiger partial charge in [0.05, 0.1) is 0 Å². The quantitative estimate of drug-likeness (QED) is 0.667. The molecule has 1 saturated heterocycles. The van der Waals surface area contributed by atoms with Gasteiger partial charge in [0.25, 0.3) is 10.2 Å². The molecule has 7 nitrogen and oxygen atoms in total. The molecule has 0 aromatic carbocycles. The maximum atomic E-state index is 12.9. The number of hydrogen-bond donors (Lipinski definition) is 2. The van der Waals surface area contributed by atoms with Crippen molar-refractivity contribution in [2.75, 3.05) is 20.2 Å². The molecule has 2 atom stereocenters. The highest BCUT2D eigenvalue weighted by molar-refractivity contribution is 7.86. The first-order valence-corrected chi connectivity index (χ1v) is 6.14. The van der Waals surface area contributed by atoms with Crippen molar-refractivity contribution in [1.82, 2.24) is 4.31 Å². The van der Waals surface area contributed by atoms with Gasteiger partial charge in [0.2, 0.25) is 0 Å². The maximum absolute atomic E-state index is 12.9. The van der Waals surface area contributed by atoms with Crippen molar-refractivity contribution in [3.05, 3.63) is 0 Å². The Labute approximate surface area is 106 Å². The number of carboxylic acid groups (broad SMARTS) is 1. The van der Waals surface area contributed by atoms with E-state index < -0.39 is 34.6 Å². The van der Waals surface area contributed by atoms with Crippen molar-refractivity contribution in [3.63, 3.8) is 0 Å². The van der Waals surface area contributed by atoms with Crippen LogP contribution in [0.3, 0.4) is 0 Å². The zero-order chi connectivity index (χ0) is 15.4. The lowest BCUT2D eigenvalue weighted by atomic mass is 10.3. The van der Waals surface area contributed by atoms with Crippen LogP contribution >= 0.6 is 0 Å². The molecule has 0 bridgehead atoms. The Morgan fingerprint density at radius 3 is 2.00 bits per heavy atom. The summed E-state index contributed by atoms with van der Waals surface area (Å²) in [6.07, 6.45) is -7.06. The molecule has 0 radical (unpaired) electrons. The number of halogens is 4. The average molecular weight is 312 g/mol. The van der Waals surface area contributed by atoms with Crippen molar-refractivity contribution in [1.29, 1.82) is 0 Å². The summed E-state index contributed by atoms with van der Waals surface area (Å²) < 4.78 is 71.6. The molecule has 1 aliphatic rings. The summed E-state index contributed by atoms with van der Waals surface area (Å²) in [5, 5.41) is 11.9. The Morgan fingerprint density at radius 2 is 1.84 bits per heavy atom. The van der Waals surface area contributed by atoms with Gasteiger partial charge in [-0.15, -0.1) is 0 Å². The lowest BCUT2D eigenvalue weighted by Gasteiger charge is -2.10. The van der Waals surface area contributed by atoms with Gasteiger partial charge in [-0.3, -0.25) is 0 Å². The van der Waals surface area contributed by atoms with Crippen LogP contribution in [0.5, 0.6) is 0 Å². The van der Waals surface area contributed by atoms with Crippen LogP contribution in [0.15, 0.2) is 0 Å². The number of nitrogens with two attached hydrogens (primary N) is 1. The van der Waals surface area contributed by atoms with Gasteiger partial charge in [-0.25, -0.2) is 14.3 Å². The molecule has 19 heavy (non-hydrogen) atoms. The van der Waals surface area contributed by atoms with Crippen LogP contribution in [0.25, 0.3) is 0 Å². The number of methoxy groups -OCH3 is 1. The standard InChI is InChI=1S/C5H11FN2O3S.C2HF3O2/c1-11-5-3-8(2-4(5)6)12(7,9)10;3-2(4,5)1(6)7/h4-5H,2-3H2,1H3,(H2,7,9,10);(H,6,7). The Bertz CT molecular complexity index is 412. The van der Waals surface area contributed by atoms with E-state index in [1.54, 1.807) is 0 Å². The molecule has 0 amide bonds. The Kier molecular flexibility index (Phi) is 6.12. The van der Waals surface area contributed by atoms with Crippen molar-refractivity contribution in [2.24, 2.45) is 5.14 Å². The zero-order valence-corrected chi connectivity index (χ0v) is 10.4. The normalized spacial score (nSPS) is 24.7.